The molecule has 0 spiro atoms. The molecule has 0 saturated heterocycles. The van der Waals surface area contributed by atoms with Crippen molar-refractivity contribution in [3.8, 4) is 22.8 Å². The number of rotatable bonds is 3. The second kappa shape index (κ2) is 10.4. The van der Waals surface area contributed by atoms with Crippen molar-refractivity contribution in [3.05, 3.63) is 170 Å². The minimum Gasteiger partial charge on any atom is -0.309 e. The van der Waals surface area contributed by atoms with Crippen LogP contribution in [-0.4, -0.2) is 19.1 Å². The number of aromatic nitrogens is 4. The van der Waals surface area contributed by atoms with Gasteiger partial charge < -0.3 is 9.13 Å². The molecule has 0 radical (unpaired) electrons. The molecule has 3 aromatic heterocycles. The SMILES string of the molecule is c1ccc(-n2c3ccccc3c3cc4c(cc32)c2ccccc2n4-c2ccc(-c3ncc4c5ccccc5c5ccccc5c4n3)cc2)cc1. The van der Waals surface area contributed by atoms with Crippen molar-refractivity contribution in [2.75, 3.05) is 0 Å². The standard InChI is InChI=1S/C46H28N4/c1-2-12-30(13-3-1)49-41-20-10-8-17-35(41)38-27-44-39(26-43(38)49)36-18-9-11-21-42(36)50(44)31-24-22-29(23-25-31)46-47-28-40-34-16-5-4-14-32(34)33-15-6-7-19-37(33)45(40)48-46/h1-28H. The predicted molar refractivity (Wildman–Crippen MR) is 209 cm³/mol. The summed E-state index contributed by atoms with van der Waals surface area (Å²) in [6.07, 6.45) is 1.99. The number of benzene rings is 8. The molecule has 0 aliphatic carbocycles. The Kier molecular flexibility index (Phi) is 5.63. The molecule has 50 heavy (non-hydrogen) atoms. The number of fused-ring (bicyclic) bond motifs is 12. The molecule has 0 atom stereocenters. The van der Waals surface area contributed by atoms with Crippen molar-refractivity contribution in [2.24, 2.45) is 0 Å². The fraction of sp³-hybridized carbons (Fsp3) is 0. The molecular weight excluding hydrogens is 609 g/mol. The Hall–Kier alpha value is -6.78. The molecule has 0 aliphatic heterocycles. The lowest BCUT2D eigenvalue weighted by Gasteiger charge is -2.11. The van der Waals surface area contributed by atoms with E-state index in [1.807, 2.05) is 6.20 Å². The summed E-state index contributed by atoms with van der Waals surface area (Å²) in [5, 5.41) is 10.8. The maximum Gasteiger partial charge on any atom is 0.159 e. The van der Waals surface area contributed by atoms with E-state index in [-0.39, 0.29) is 0 Å². The quantitative estimate of drug-likeness (QED) is 0.181. The van der Waals surface area contributed by atoms with Gasteiger partial charge in [-0.05, 0) is 76.8 Å². The Morgan fingerprint density at radius 2 is 0.800 bits per heavy atom. The van der Waals surface area contributed by atoms with E-state index >= 15 is 0 Å². The van der Waals surface area contributed by atoms with Gasteiger partial charge in [-0.15, -0.1) is 0 Å². The predicted octanol–water partition coefficient (Wildman–Crippen LogP) is 11.8. The molecule has 0 amide bonds. The number of nitrogens with zero attached hydrogens (tertiary/aromatic N) is 4. The van der Waals surface area contributed by atoms with Gasteiger partial charge in [0.15, 0.2) is 5.82 Å². The molecule has 4 heteroatoms. The van der Waals surface area contributed by atoms with Crippen LogP contribution in [0.1, 0.15) is 0 Å². The third kappa shape index (κ3) is 3.81. The van der Waals surface area contributed by atoms with E-state index < -0.39 is 0 Å². The Morgan fingerprint density at radius 3 is 1.40 bits per heavy atom. The lowest BCUT2D eigenvalue weighted by atomic mass is 9.98. The molecule has 0 unspecified atom stereocenters. The molecule has 0 saturated carbocycles. The summed E-state index contributed by atoms with van der Waals surface area (Å²) in [5.41, 5.74) is 9.00. The summed E-state index contributed by atoms with van der Waals surface area (Å²) in [6, 6.07) is 58.6. The van der Waals surface area contributed by atoms with Gasteiger partial charge in [-0.3, -0.25) is 0 Å². The normalized spacial score (nSPS) is 12.0. The van der Waals surface area contributed by atoms with Crippen LogP contribution in [-0.2, 0) is 0 Å². The lowest BCUT2D eigenvalue weighted by molar-refractivity contribution is 1.17. The van der Waals surface area contributed by atoms with Gasteiger partial charge in [0.2, 0.25) is 0 Å². The average Bonchev–Trinajstić information content (AvgIpc) is 3.69. The zero-order valence-electron chi connectivity index (χ0n) is 27.0. The van der Waals surface area contributed by atoms with Crippen molar-refractivity contribution >= 4 is 76.1 Å². The van der Waals surface area contributed by atoms with Crippen LogP contribution in [0.3, 0.4) is 0 Å². The summed E-state index contributed by atoms with van der Waals surface area (Å²) in [7, 11) is 0. The van der Waals surface area contributed by atoms with Crippen LogP contribution in [0.25, 0.3) is 98.8 Å². The minimum absolute atomic E-state index is 0.724. The zero-order valence-corrected chi connectivity index (χ0v) is 27.0. The Morgan fingerprint density at radius 1 is 0.340 bits per heavy atom. The number of hydrogen-bond donors (Lipinski definition) is 0. The van der Waals surface area contributed by atoms with Crippen molar-refractivity contribution in [3.63, 3.8) is 0 Å². The summed E-state index contributed by atoms with van der Waals surface area (Å²) in [4.78, 5) is 10.1. The third-order valence-corrected chi connectivity index (χ3v) is 10.3. The summed E-state index contributed by atoms with van der Waals surface area (Å²) in [5.74, 6) is 0.724. The summed E-state index contributed by atoms with van der Waals surface area (Å²) >= 11 is 0. The first-order chi connectivity index (χ1) is 24.8. The summed E-state index contributed by atoms with van der Waals surface area (Å²) in [6.45, 7) is 0. The van der Waals surface area contributed by atoms with Gasteiger partial charge >= 0.3 is 0 Å². The van der Waals surface area contributed by atoms with Gasteiger partial charge in [-0.2, -0.15) is 0 Å². The van der Waals surface area contributed by atoms with E-state index in [0.717, 1.165) is 39.1 Å². The van der Waals surface area contributed by atoms with Gasteiger partial charge in [-0.1, -0.05) is 103 Å². The maximum absolute atomic E-state index is 5.19. The molecule has 8 aromatic carbocycles. The largest absolute Gasteiger partial charge is 0.309 e. The second-order valence-corrected chi connectivity index (χ2v) is 13.0. The highest BCUT2D eigenvalue weighted by Gasteiger charge is 2.19. The smallest absolute Gasteiger partial charge is 0.159 e. The molecule has 0 N–H and O–H groups in total. The summed E-state index contributed by atoms with van der Waals surface area (Å²) < 4.78 is 4.78. The average molecular weight is 637 g/mol. The highest BCUT2D eigenvalue weighted by molar-refractivity contribution is 6.24. The van der Waals surface area contributed by atoms with E-state index in [2.05, 4.69) is 173 Å². The molecule has 0 aliphatic rings. The van der Waals surface area contributed by atoms with Gasteiger partial charge in [0.25, 0.3) is 0 Å². The van der Waals surface area contributed by atoms with E-state index in [0.29, 0.717) is 0 Å². The van der Waals surface area contributed by atoms with Gasteiger partial charge in [-0.25, -0.2) is 9.97 Å². The van der Waals surface area contributed by atoms with E-state index in [9.17, 15) is 0 Å². The Bertz CT molecular complexity index is 3100. The highest BCUT2D eigenvalue weighted by Crippen LogP contribution is 2.40. The van der Waals surface area contributed by atoms with Crippen LogP contribution in [0.5, 0.6) is 0 Å². The Labute approximate surface area is 287 Å². The first-order valence-corrected chi connectivity index (χ1v) is 17.0. The maximum atomic E-state index is 5.19. The zero-order chi connectivity index (χ0) is 32.8. The van der Waals surface area contributed by atoms with E-state index in [1.165, 1.54) is 59.8 Å². The monoisotopic (exact) mass is 636 g/mol. The molecule has 232 valence electrons. The fourth-order valence-corrected chi connectivity index (χ4v) is 8.12. The first-order valence-electron chi connectivity index (χ1n) is 17.0. The van der Waals surface area contributed by atoms with E-state index in [1.54, 1.807) is 0 Å². The first kappa shape index (κ1) is 27.2. The third-order valence-electron chi connectivity index (χ3n) is 10.3. The van der Waals surface area contributed by atoms with Crippen molar-refractivity contribution in [1.82, 2.24) is 19.1 Å². The van der Waals surface area contributed by atoms with Crippen LogP contribution in [0.2, 0.25) is 0 Å². The Balaban J connectivity index is 1.11. The van der Waals surface area contributed by atoms with Crippen LogP contribution in [0.4, 0.5) is 0 Å². The molecule has 4 nitrogen and oxygen atoms in total. The van der Waals surface area contributed by atoms with Gasteiger partial charge in [0.1, 0.15) is 0 Å². The van der Waals surface area contributed by atoms with Crippen LogP contribution in [0, 0.1) is 0 Å². The molecule has 11 rings (SSSR count). The minimum atomic E-state index is 0.724. The van der Waals surface area contributed by atoms with Crippen LogP contribution >= 0.6 is 0 Å². The van der Waals surface area contributed by atoms with Gasteiger partial charge in [0.05, 0.1) is 27.6 Å². The molecular formula is C46H28N4. The number of para-hydroxylation sites is 3. The van der Waals surface area contributed by atoms with Gasteiger partial charge in [0, 0.05) is 55.5 Å². The molecule has 0 bridgehead atoms. The van der Waals surface area contributed by atoms with Crippen molar-refractivity contribution < 1.29 is 0 Å². The highest BCUT2D eigenvalue weighted by atomic mass is 15.0. The van der Waals surface area contributed by atoms with Crippen molar-refractivity contribution in [2.45, 2.75) is 0 Å². The van der Waals surface area contributed by atoms with Crippen LogP contribution < -0.4 is 0 Å². The van der Waals surface area contributed by atoms with E-state index in [4.69, 9.17) is 9.97 Å². The fourth-order valence-electron chi connectivity index (χ4n) is 8.12. The second-order valence-electron chi connectivity index (χ2n) is 13.0. The molecule has 11 aromatic rings. The number of hydrogen-bond acceptors (Lipinski definition) is 2. The molecule has 0 fully saturated rings. The van der Waals surface area contributed by atoms with Crippen LogP contribution in [0.15, 0.2) is 170 Å². The topological polar surface area (TPSA) is 35.6 Å². The molecule has 3 heterocycles. The lowest BCUT2D eigenvalue weighted by Crippen LogP contribution is -1.96. The van der Waals surface area contributed by atoms with Crippen molar-refractivity contribution in [1.29, 1.82) is 0 Å².